The maximum Gasteiger partial charge on any atom is 0.269 e. The van der Waals surface area contributed by atoms with Crippen LogP contribution in [0, 0.1) is 10.1 Å². The zero-order chi connectivity index (χ0) is 23.4. The molecule has 1 N–H and O–H groups in total. The molecule has 0 radical (unpaired) electrons. The van der Waals surface area contributed by atoms with Crippen molar-refractivity contribution >= 4 is 22.6 Å². The summed E-state index contributed by atoms with van der Waals surface area (Å²) in [6.45, 7) is 0.863. The van der Waals surface area contributed by atoms with E-state index >= 15 is 0 Å². The SMILES string of the molecule is COc1ccc(C(=O)NCCn2ncc3c(=O)n(Cc4ccc([N+](=O)[O-])cc4)cnc32)cc1. The minimum absolute atomic E-state index is 0.0139. The number of methoxy groups -OCH3 is 1. The van der Waals surface area contributed by atoms with Gasteiger partial charge in [0, 0.05) is 24.2 Å². The Hall–Kier alpha value is -4.54. The van der Waals surface area contributed by atoms with Gasteiger partial charge in [0.25, 0.3) is 17.2 Å². The molecule has 0 aliphatic rings. The Labute approximate surface area is 187 Å². The van der Waals surface area contributed by atoms with Crippen LogP contribution in [0.15, 0.2) is 65.8 Å². The number of nitrogens with one attached hydrogen (secondary N) is 1. The van der Waals surface area contributed by atoms with E-state index in [1.165, 1.54) is 29.2 Å². The molecule has 11 nitrogen and oxygen atoms in total. The van der Waals surface area contributed by atoms with Crippen molar-refractivity contribution in [3.8, 4) is 5.75 Å². The topological polar surface area (TPSA) is 134 Å². The Bertz CT molecular complexity index is 1360. The highest BCUT2D eigenvalue weighted by atomic mass is 16.6. The first-order valence-corrected chi connectivity index (χ1v) is 10.0. The molecule has 2 aromatic heterocycles. The number of carbonyl (C=O) groups excluding carboxylic acids is 1. The van der Waals surface area contributed by atoms with E-state index in [0.29, 0.717) is 35.4 Å². The van der Waals surface area contributed by atoms with Crippen LogP contribution in [0.3, 0.4) is 0 Å². The molecule has 0 aliphatic carbocycles. The van der Waals surface area contributed by atoms with Crippen LogP contribution in [-0.2, 0) is 13.1 Å². The lowest BCUT2D eigenvalue weighted by Crippen LogP contribution is -2.27. The smallest absolute Gasteiger partial charge is 0.269 e. The predicted octanol–water partition coefficient (Wildman–Crippen LogP) is 1.99. The Balaban J connectivity index is 1.42. The highest BCUT2D eigenvalue weighted by Gasteiger charge is 2.12. The summed E-state index contributed by atoms with van der Waals surface area (Å²) in [5.41, 5.74) is 1.37. The van der Waals surface area contributed by atoms with E-state index in [-0.39, 0.29) is 23.7 Å². The van der Waals surface area contributed by atoms with Gasteiger partial charge in [0.05, 0.1) is 31.3 Å². The summed E-state index contributed by atoms with van der Waals surface area (Å²) < 4.78 is 8.06. The van der Waals surface area contributed by atoms with Gasteiger partial charge in [0.15, 0.2) is 5.65 Å². The average Bonchev–Trinajstić information content (AvgIpc) is 3.25. The lowest BCUT2D eigenvalue weighted by molar-refractivity contribution is -0.384. The molecule has 4 aromatic rings. The van der Waals surface area contributed by atoms with Crippen LogP contribution in [0.2, 0.25) is 0 Å². The number of hydrogen-bond donors (Lipinski definition) is 1. The van der Waals surface area contributed by atoms with Gasteiger partial charge in [0.2, 0.25) is 0 Å². The molecule has 2 heterocycles. The zero-order valence-electron chi connectivity index (χ0n) is 17.7. The fourth-order valence-electron chi connectivity index (χ4n) is 3.31. The number of amides is 1. The predicted molar refractivity (Wildman–Crippen MR) is 119 cm³/mol. The number of nitro groups is 1. The number of nitro benzene ring substituents is 1. The van der Waals surface area contributed by atoms with Gasteiger partial charge in [0.1, 0.15) is 17.5 Å². The Morgan fingerprint density at radius 2 is 1.88 bits per heavy atom. The molecule has 11 heteroatoms. The van der Waals surface area contributed by atoms with E-state index in [2.05, 4.69) is 15.4 Å². The van der Waals surface area contributed by atoms with E-state index in [9.17, 15) is 19.7 Å². The molecule has 0 fully saturated rings. The van der Waals surface area contributed by atoms with Gasteiger partial charge in [-0.3, -0.25) is 24.3 Å². The van der Waals surface area contributed by atoms with Crippen molar-refractivity contribution in [3.05, 3.63) is 92.7 Å². The monoisotopic (exact) mass is 448 g/mol. The van der Waals surface area contributed by atoms with Gasteiger partial charge >= 0.3 is 0 Å². The summed E-state index contributed by atoms with van der Waals surface area (Å²) in [5.74, 6) is 0.437. The van der Waals surface area contributed by atoms with Crippen molar-refractivity contribution in [2.45, 2.75) is 13.1 Å². The third-order valence-corrected chi connectivity index (χ3v) is 5.08. The largest absolute Gasteiger partial charge is 0.497 e. The van der Waals surface area contributed by atoms with E-state index in [1.807, 2.05) is 0 Å². The summed E-state index contributed by atoms with van der Waals surface area (Å²) in [4.78, 5) is 39.8. The van der Waals surface area contributed by atoms with Crippen LogP contribution >= 0.6 is 0 Å². The summed E-state index contributed by atoms with van der Waals surface area (Å²) in [7, 11) is 1.56. The van der Waals surface area contributed by atoms with E-state index in [4.69, 9.17) is 4.74 Å². The standard InChI is InChI=1S/C22H20N6O5/c1-33-18-8-4-16(5-9-18)21(29)23-10-11-27-20-19(12-25-27)22(30)26(14-24-20)13-15-2-6-17(7-3-15)28(31)32/h2-9,12,14H,10-11,13H2,1H3,(H,23,29). The second kappa shape index (κ2) is 9.30. The number of rotatable bonds is 8. The summed E-state index contributed by atoms with van der Waals surface area (Å²) in [6, 6.07) is 12.8. The lowest BCUT2D eigenvalue weighted by Gasteiger charge is -2.08. The molecule has 0 spiro atoms. The Morgan fingerprint density at radius 1 is 1.15 bits per heavy atom. The van der Waals surface area contributed by atoms with E-state index in [0.717, 1.165) is 5.56 Å². The maximum atomic E-state index is 12.8. The fraction of sp³-hybridized carbons (Fsp3) is 0.182. The van der Waals surface area contributed by atoms with Crippen LogP contribution < -0.4 is 15.6 Å². The fourth-order valence-corrected chi connectivity index (χ4v) is 3.31. The second-order valence-electron chi connectivity index (χ2n) is 7.19. The molecule has 168 valence electrons. The molecule has 0 bridgehead atoms. The molecule has 0 saturated heterocycles. The molecule has 1 amide bonds. The van der Waals surface area contributed by atoms with Crippen molar-refractivity contribution in [1.82, 2.24) is 24.6 Å². The summed E-state index contributed by atoms with van der Waals surface area (Å²) >= 11 is 0. The molecule has 0 saturated carbocycles. The first kappa shape index (κ1) is 21.7. The number of hydrogen-bond acceptors (Lipinski definition) is 7. The summed E-state index contributed by atoms with van der Waals surface area (Å²) in [5, 5.41) is 18.2. The minimum atomic E-state index is -0.475. The minimum Gasteiger partial charge on any atom is -0.497 e. The first-order valence-electron chi connectivity index (χ1n) is 10.0. The highest BCUT2D eigenvalue weighted by Crippen LogP contribution is 2.13. The lowest BCUT2D eigenvalue weighted by atomic mass is 10.2. The third-order valence-electron chi connectivity index (χ3n) is 5.08. The second-order valence-corrected chi connectivity index (χ2v) is 7.19. The molecule has 0 aliphatic heterocycles. The van der Waals surface area contributed by atoms with Crippen molar-refractivity contribution in [1.29, 1.82) is 0 Å². The Morgan fingerprint density at radius 3 is 2.55 bits per heavy atom. The quantitative estimate of drug-likeness (QED) is 0.322. The number of ether oxygens (including phenoxy) is 1. The van der Waals surface area contributed by atoms with E-state index < -0.39 is 4.92 Å². The highest BCUT2D eigenvalue weighted by molar-refractivity contribution is 5.94. The van der Waals surface area contributed by atoms with Gasteiger partial charge < -0.3 is 10.1 Å². The third kappa shape index (κ3) is 4.71. The van der Waals surface area contributed by atoms with Crippen molar-refractivity contribution in [3.63, 3.8) is 0 Å². The van der Waals surface area contributed by atoms with Gasteiger partial charge in [-0.05, 0) is 29.8 Å². The number of carbonyl (C=O) groups is 1. The molecule has 0 atom stereocenters. The van der Waals surface area contributed by atoms with Crippen LogP contribution in [0.4, 0.5) is 5.69 Å². The van der Waals surface area contributed by atoms with Gasteiger partial charge in [-0.25, -0.2) is 9.67 Å². The van der Waals surface area contributed by atoms with Crippen molar-refractivity contribution in [2.24, 2.45) is 0 Å². The van der Waals surface area contributed by atoms with E-state index in [1.54, 1.807) is 48.2 Å². The van der Waals surface area contributed by atoms with Crippen LogP contribution in [0.1, 0.15) is 15.9 Å². The molecular formula is C22H20N6O5. The van der Waals surface area contributed by atoms with Crippen LogP contribution in [0.25, 0.3) is 11.0 Å². The maximum absolute atomic E-state index is 12.8. The number of nitrogens with zero attached hydrogens (tertiary/aromatic N) is 5. The van der Waals surface area contributed by atoms with Crippen molar-refractivity contribution in [2.75, 3.05) is 13.7 Å². The zero-order valence-corrected chi connectivity index (χ0v) is 17.7. The molecular weight excluding hydrogens is 428 g/mol. The normalized spacial score (nSPS) is 10.8. The van der Waals surface area contributed by atoms with Gasteiger partial charge in [-0.2, -0.15) is 5.10 Å². The Kier molecular flexibility index (Phi) is 6.11. The molecule has 2 aromatic carbocycles. The van der Waals surface area contributed by atoms with Crippen LogP contribution in [-0.4, -0.2) is 43.8 Å². The number of benzene rings is 2. The molecule has 0 unspecified atom stereocenters. The average molecular weight is 448 g/mol. The van der Waals surface area contributed by atoms with Gasteiger partial charge in [-0.15, -0.1) is 0 Å². The van der Waals surface area contributed by atoms with Crippen LogP contribution in [0.5, 0.6) is 5.75 Å². The number of fused-ring (bicyclic) bond motifs is 1. The molecule has 33 heavy (non-hydrogen) atoms. The first-order chi connectivity index (χ1) is 16.0. The number of aromatic nitrogens is 4. The number of non-ortho nitro benzene ring substituents is 1. The summed E-state index contributed by atoms with van der Waals surface area (Å²) in [6.07, 6.45) is 2.86. The van der Waals surface area contributed by atoms with Crippen molar-refractivity contribution < 1.29 is 14.5 Å². The molecule has 4 rings (SSSR count). The van der Waals surface area contributed by atoms with Gasteiger partial charge in [-0.1, -0.05) is 12.1 Å².